The molecule has 0 radical (unpaired) electrons. The van der Waals surface area contributed by atoms with Crippen molar-refractivity contribution in [3.63, 3.8) is 0 Å². The average Bonchev–Trinajstić information content (AvgIpc) is 2.88. The lowest BCUT2D eigenvalue weighted by Gasteiger charge is -1.83. The van der Waals surface area contributed by atoms with Gasteiger partial charge in [0.05, 0.1) is 6.20 Å². The van der Waals surface area contributed by atoms with Crippen molar-refractivity contribution in [3.05, 3.63) is 24.2 Å². The maximum Gasteiger partial charge on any atom is 0.137 e. The Hall–Kier alpha value is -1.58. The maximum atomic E-state index is 5.09. The second kappa shape index (κ2) is 5.34. The molecule has 0 spiro atoms. The van der Waals surface area contributed by atoms with Crippen molar-refractivity contribution in [1.29, 1.82) is 0 Å². The summed E-state index contributed by atoms with van der Waals surface area (Å²) >= 11 is 0. The molecule has 4 nitrogen and oxygen atoms in total. The van der Waals surface area contributed by atoms with Gasteiger partial charge in [0.15, 0.2) is 0 Å². The standard InChI is InChI=1S/C9H11N3O.C2H6/c1-3-8-4-9(11-13-8)7-5-10-12(2)6-7;1-2/h4-6H,3H2,1-2H3;1-2H3. The Morgan fingerprint density at radius 2 is 2.13 bits per heavy atom. The van der Waals surface area contributed by atoms with E-state index in [4.69, 9.17) is 4.52 Å². The van der Waals surface area contributed by atoms with Gasteiger partial charge in [-0.25, -0.2) is 0 Å². The van der Waals surface area contributed by atoms with Crippen molar-refractivity contribution in [2.45, 2.75) is 27.2 Å². The summed E-state index contributed by atoms with van der Waals surface area (Å²) in [4.78, 5) is 0. The molecule has 0 fully saturated rings. The van der Waals surface area contributed by atoms with E-state index >= 15 is 0 Å². The van der Waals surface area contributed by atoms with E-state index in [9.17, 15) is 0 Å². The molecule has 0 saturated heterocycles. The van der Waals surface area contributed by atoms with Crippen LogP contribution in [0.1, 0.15) is 26.5 Å². The lowest BCUT2D eigenvalue weighted by atomic mass is 10.2. The summed E-state index contributed by atoms with van der Waals surface area (Å²) in [5.41, 5.74) is 1.84. The molecule has 2 heterocycles. The van der Waals surface area contributed by atoms with Gasteiger partial charge >= 0.3 is 0 Å². The van der Waals surface area contributed by atoms with E-state index in [1.54, 1.807) is 10.9 Å². The molecule has 0 aromatic carbocycles. The van der Waals surface area contributed by atoms with Crippen molar-refractivity contribution in [1.82, 2.24) is 14.9 Å². The number of hydrogen-bond donors (Lipinski definition) is 0. The third kappa shape index (κ3) is 2.68. The lowest BCUT2D eigenvalue weighted by molar-refractivity contribution is 0.389. The van der Waals surface area contributed by atoms with E-state index < -0.39 is 0 Å². The first kappa shape index (κ1) is 11.5. The molecular formula is C11H17N3O. The van der Waals surface area contributed by atoms with E-state index in [-0.39, 0.29) is 0 Å². The summed E-state index contributed by atoms with van der Waals surface area (Å²) in [6, 6.07) is 1.94. The first-order chi connectivity index (χ1) is 7.29. The molecule has 0 bridgehead atoms. The van der Waals surface area contributed by atoms with Crippen molar-refractivity contribution in [3.8, 4) is 11.3 Å². The van der Waals surface area contributed by atoms with Gasteiger partial charge in [-0.05, 0) is 0 Å². The van der Waals surface area contributed by atoms with Crippen LogP contribution in [0.5, 0.6) is 0 Å². The topological polar surface area (TPSA) is 43.9 Å². The normalized spacial score (nSPS) is 9.60. The van der Waals surface area contributed by atoms with Crippen molar-refractivity contribution in [2.75, 3.05) is 0 Å². The van der Waals surface area contributed by atoms with Gasteiger partial charge in [-0.3, -0.25) is 4.68 Å². The van der Waals surface area contributed by atoms with E-state index in [2.05, 4.69) is 10.3 Å². The van der Waals surface area contributed by atoms with Crippen LogP contribution >= 0.6 is 0 Å². The molecule has 0 saturated carbocycles. The summed E-state index contributed by atoms with van der Waals surface area (Å²) in [5, 5.41) is 8.01. The van der Waals surface area contributed by atoms with Gasteiger partial charge < -0.3 is 4.52 Å². The zero-order valence-corrected chi connectivity index (χ0v) is 9.69. The number of aromatic nitrogens is 3. The second-order valence-electron chi connectivity index (χ2n) is 2.93. The van der Waals surface area contributed by atoms with Crippen LogP contribution in [0.2, 0.25) is 0 Å². The zero-order chi connectivity index (χ0) is 11.3. The molecule has 0 aliphatic carbocycles. The fraction of sp³-hybridized carbons (Fsp3) is 0.455. The molecule has 0 atom stereocenters. The summed E-state index contributed by atoms with van der Waals surface area (Å²) in [7, 11) is 1.88. The third-order valence-corrected chi connectivity index (χ3v) is 1.91. The first-order valence-corrected chi connectivity index (χ1v) is 5.24. The molecule has 2 rings (SSSR count). The highest BCUT2D eigenvalue weighted by molar-refractivity contribution is 5.56. The van der Waals surface area contributed by atoms with E-state index in [0.29, 0.717) is 0 Å². The van der Waals surface area contributed by atoms with Crippen molar-refractivity contribution in [2.24, 2.45) is 7.05 Å². The molecule has 82 valence electrons. The van der Waals surface area contributed by atoms with Gasteiger partial charge in [-0.15, -0.1) is 0 Å². The van der Waals surface area contributed by atoms with Crippen LogP contribution in [-0.2, 0) is 13.5 Å². The monoisotopic (exact) mass is 207 g/mol. The maximum absolute atomic E-state index is 5.09. The van der Waals surface area contributed by atoms with Crippen LogP contribution in [0.25, 0.3) is 11.3 Å². The molecule has 15 heavy (non-hydrogen) atoms. The van der Waals surface area contributed by atoms with Gasteiger partial charge in [0.2, 0.25) is 0 Å². The van der Waals surface area contributed by atoms with Gasteiger partial charge in [0, 0.05) is 31.3 Å². The van der Waals surface area contributed by atoms with Crippen LogP contribution in [-0.4, -0.2) is 14.9 Å². The lowest BCUT2D eigenvalue weighted by Crippen LogP contribution is -1.84. The highest BCUT2D eigenvalue weighted by Crippen LogP contribution is 2.17. The van der Waals surface area contributed by atoms with E-state index in [1.807, 2.05) is 40.1 Å². The fourth-order valence-corrected chi connectivity index (χ4v) is 1.17. The number of aryl methyl sites for hydroxylation is 2. The molecule has 0 unspecified atom stereocenters. The second-order valence-corrected chi connectivity index (χ2v) is 2.93. The molecular weight excluding hydrogens is 190 g/mol. The molecule has 0 aliphatic rings. The fourth-order valence-electron chi connectivity index (χ4n) is 1.17. The molecule has 2 aromatic rings. The summed E-state index contributed by atoms with van der Waals surface area (Å²) < 4.78 is 6.84. The van der Waals surface area contributed by atoms with Gasteiger partial charge in [0.25, 0.3) is 0 Å². The predicted molar refractivity (Wildman–Crippen MR) is 59.4 cm³/mol. The average molecular weight is 207 g/mol. The number of nitrogens with zero attached hydrogens (tertiary/aromatic N) is 3. The van der Waals surface area contributed by atoms with Gasteiger partial charge in [-0.1, -0.05) is 25.9 Å². The zero-order valence-electron chi connectivity index (χ0n) is 9.69. The van der Waals surface area contributed by atoms with Crippen LogP contribution in [0, 0.1) is 0 Å². The Morgan fingerprint density at radius 3 is 2.60 bits per heavy atom. The highest BCUT2D eigenvalue weighted by Gasteiger charge is 2.06. The first-order valence-electron chi connectivity index (χ1n) is 5.24. The quantitative estimate of drug-likeness (QED) is 0.760. The van der Waals surface area contributed by atoms with Crippen molar-refractivity contribution < 1.29 is 4.52 Å². The minimum atomic E-state index is 0.852. The Bertz CT molecular complexity index is 403. The Kier molecular flexibility index (Phi) is 4.09. The molecule has 0 aliphatic heterocycles. The largest absolute Gasteiger partial charge is 0.361 e. The van der Waals surface area contributed by atoms with Crippen LogP contribution in [0.3, 0.4) is 0 Å². The summed E-state index contributed by atoms with van der Waals surface area (Å²) in [6.07, 6.45) is 4.56. The van der Waals surface area contributed by atoms with Gasteiger partial charge in [0.1, 0.15) is 11.5 Å². The SMILES string of the molecule is CC.CCc1cc(-c2cnn(C)c2)no1. The molecule has 2 aromatic heterocycles. The Labute approximate surface area is 89.9 Å². The molecule has 0 amide bonds. The predicted octanol–water partition coefficient (Wildman–Crippen LogP) is 2.66. The van der Waals surface area contributed by atoms with E-state index in [1.165, 1.54) is 0 Å². The van der Waals surface area contributed by atoms with Crippen LogP contribution in [0.15, 0.2) is 23.0 Å². The minimum Gasteiger partial charge on any atom is -0.361 e. The van der Waals surface area contributed by atoms with Crippen LogP contribution in [0.4, 0.5) is 0 Å². The van der Waals surface area contributed by atoms with Gasteiger partial charge in [-0.2, -0.15) is 5.10 Å². The molecule has 0 N–H and O–H groups in total. The smallest absolute Gasteiger partial charge is 0.137 e. The summed E-state index contributed by atoms with van der Waals surface area (Å²) in [6.45, 7) is 6.04. The highest BCUT2D eigenvalue weighted by atomic mass is 16.5. The Balaban J connectivity index is 0.000000531. The number of rotatable bonds is 2. The molecule has 4 heteroatoms. The van der Waals surface area contributed by atoms with Crippen molar-refractivity contribution >= 4 is 0 Å². The van der Waals surface area contributed by atoms with Crippen LogP contribution < -0.4 is 0 Å². The summed E-state index contributed by atoms with van der Waals surface area (Å²) in [5.74, 6) is 0.902. The number of hydrogen-bond acceptors (Lipinski definition) is 3. The third-order valence-electron chi connectivity index (χ3n) is 1.91. The minimum absolute atomic E-state index is 0.852. The Morgan fingerprint density at radius 1 is 1.40 bits per heavy atom. The van der Waals surface area contributed by atoms with E-state index in [0.717, 1.165) is 23.4 Å².